The minimum Gasteiger partial charge on any atom is -0.600 e. The predicted molar refractivity (Wildman–Crippen MR) is 59.4 cm³/mol. The number of hydrogen-bond donors (Lipinski definition) is 0. The summed E-state index contributed by atoms with van der Waals surface area (Å²) in [5.41, 5.74) is 2.70. The molecule has 0 aromatic heterocycles. The van der Waals surface area contributed by atoms with Crippen molar-refractivity contribution < 1.29 is 0 Å². The number of fused-ring (bicyclic) bond motifs is 1. The number of rotatable bonds is 1. The monoisotopic (exact) mass is 191 g/mol. The Kier molecular flexibility index (Phi) is 1.83. The smallest absolute Gasteiger partial charge is 0.168 e. The fraction of sp³-hybridized carbons (Fsp3) is 0.300. The molecular formula is C10H13N3O. The Morgan fingerprint density at radius 2 is 2.07 bits per heavy atom. The first kappa shape index (κ1) is 9.18. The van der Waals surface area contributed by atoms with Crippen LogP contribution in [0.2, 0.25) is 0 Å². The quantitative estimate of drug-likeness (QED) is 0.499. The molecule has 1 aromatic carbocycles. The Bertz CT molecular complexity index is 396. The van der Waals surface area contributed by atoms with Gasteiger partial charge in [-0.1, -0.05) is 5.10 Å². The van der Waals surface area contributed by atoms with Crippen molar-refractivity contribution >= 4 is 17.6 Å². The maximum Gasteiger partial charge on any atom is 0.168 e. The van der Waals surface area contributed by atoms with Crippen LogP contribution in [0.4, 0.5) is 11.4 Å². The lowest BCUT2D eigenvalue weighted by atomic mass is 10.1. The number of nitrogens with zero attached hydrogens (tertiary/aromatic N) is 3. The van der Waals surface area contributed by atoms with Gasteiger partial charge in [-0.15, -0.1) is 0 Å². The molecule has 0 saturated heterocycles. The fourth-order valence-corrected chi connectivity index (χ4v) is 1.54. The lowest BCUT2D eigenvalue weighted by Crippen LogP contribution is -2.28. The van der Waals surface area contributed by atoms with Crippen LogP contribution in [0.1, 0.15) is 5.56 Å². The Hall–Kier alpha value is -1.39. The van der Waals surface area contributed by atoms with Gasteiger partial charge in [0.05, 0.1) is 18.8 Å². The van der Waals surface area contributed by atoms with Crippen LogP contribution < -0.4 is 9.66 Å². The van der Waals surface area contributed by atoms with E-state index in [9.17, 15) is 5.21 Å². The molecule has 74 valence electrons. The van der Waals surface area contributed by atoms with Gasteiger partial charge in [-0.05, 0) is 12.1 Å². The molecule has 0 saturated carbocycles. The van der Waals surface area contributed by atoms with Crippen molar-refractivity contribution in [1.29, 1.82) is 0 Å². The van der Waals surface area contributed by atoms with Crippen molar-refractivity contribution in [1.82, 2.24) is 4.76 Å². The molecule has 4 heteroatoms. The molecular weight excluding hydrogens is 178 g/mol. The average molecular weight is 191 g/mol. The first-order valence-electron chi connectivity index (χ1n) is 4.46. The third-order valence-electron chi connectivity index (χ3n) is 2.39. The standard InChI is InChI=1S/C10H13N3O/c1-12(2)9-4-5-10-8(6-9)7-11-13(10,3)14/h4-7H,1-3H3. The van der Waals surface area contributed by atoms with Crippen molar-refractivity contribution in [2.24, 2.45) is 5.10 Å². The first-order chi connectivity index (χ1) is 6.50. The second kappa shape index (κ2) is 2.80. The molecule has 1 atom stereocenters. The summed E-state index contributed by atoms with van der Waals surface area (Å²) >= 11 is 0. The average Bonchev–Trinajstić information content (AvgIpc) is 2.42. The highest BCUT2D eigenvalue weighted by Gasteiger charge is 2.23. The zero-order chi connectivity index (χ0) is 10.3. The summed E-state index contributed by atoms with van der Waals surface area (Å²) in [4.78, 5) is 2.00. The predicted octanol–water partition coefficient (Wildman–Crippen LogP) is 1.53. The summed E-state index contributed by atoms with van der Waals surface area (Å²) in [6.45, 7) is 0. The molecule has 1 unspecified atom stereocenters. The van der Waals surface area contributed by atoms with Crippen molar-refractivity contribution in [3.05, 3.63) is 29.0 Å². The van der Waals surface area contributed by atoms with Crippen LogP contribution in [-0.2, 0) is 0 Å². The highest BCUT2D eigenvalue weighted by atomic mass is 16.6. The van der Waals surface area contributed by atoms with Gasteiger partial charge < -0.3 is 10.1 Å². The zero-order valence-electron chi connectivity index (χ0n) is 8.56. The highest BCUT2D eigenvalue weighted by Crippen LogP contribution is 2.31. The largest absolute Gasteiger partial charge is 0.600 e. The Morgan fingerprint density at radius 3 is 2.71 bits per heavy atom. The zero-order valence-corrected chi connectivity index (χ0v) is 8.56. The van der Waals surface area contributed by atoms with Gasteiger partial charge in [0.25, 0.3) is 0 Å². The molecule has 0 aliphatic carbocycles. The number of quaternary nitrogens is 1. The molecule has 0 N–H and O–H groups in total. The summed E-state index contributed by atoms with van der Waals surface area (Å²) in [7, 11) is 5.47. The molecule has 1 aromatic rings. The minimum atomic E-state index is -0.650. The molecule has 1 aliphatic heterocycles. The normalized spacial score (nSPS) is 23.7. The molecule has 0 bridgehead atoms. The molecule has 1 heterocycles. The second-order valence-corrected chi connectivity index (χ2v) is 3.76. The van der Waals surface area contributed by atoms with Gasteiger partial charge in [0, 0.05) is 25.8 Å². The summed E-state index contributed by atoms with van der Waals surface area (Å²) in [6.07, 6.45) is 1.63. The van der Waals surface area contributed by atoms with Crippen LogP contribution in [0, 0.1) is 5.21 Å². The van der Waals surface area contributed by atoms with Gasteiger partial charge in [0.15, 0.2) is 5.69 Å². The van der Waals surface area contributed by atoms with E-state index >= 15 is 0 Å². The van der Waals surface area contributed by atoms with E-state index in [-0.39, 0.29) is 0 Å². The van der Waals surface area contributed by atoms with Gasteiger partial charge in [-0.2, -0.15) is 0 Å². The minimum absolute atomic E-state index is 0.650. The van der Waals surface area contributed by atoms with Crippen LogP contribution >= 0.6 is 0 Å². The topological polar surface area (TPSA) is 38.7 Å². The second-order valence-electron chi connectivity index (χ2n) is 3.76. The van der Waals surface area contributed by atoms with Crippen molar-refractivity contribution in [3.63, 3.8) is 0 Å². The summed E-state index contributed by atoms with van der Waals surface area (Å²) < 4.78 is -0.650. The van der Waals surface area contributed by atoms with Crippen LogP contribution in [0.3, 0.4) is 0 Å². The van der Waals surface area contributed by atoms with E-state index in [1.807, 2.05) is 37.2 Å². The van der Waals surface area contributed by atoms with Gasteiger partial charge in [-0.25, -0.2) is 4.76 Å². The van der Waals surface area contributed by atoms with Gasteiger partial charge in [-0.3, -0.25) is 0 Å². The number of anilines is 1. The molecule has 1 aliphatic rings. The van der Waals surface area contributed by atoms with E-state index in [1.165, 1.54) is 7.05 Å². The van der Waals surface area contributed by atoms with Crippen molar-refractivity contribution in [2.75, 3.05) is 26.0 Å². The molecule has 0 radical (unpaired) electrons. The molecule has 4 nitrogen and oxygen atoms in total. The van der Waals surface area contributed by atoms with Gasteiger partial charge in [0.1, 0.15) is 0 Å². The Balaban J connectivity index is 2.49. The van der Waals surface area contributed by atoms with Gasteiger partial charge in [0.2, 0.25) is 0 Å². The highest BCUT2D eigenvalue weighted by molar-refractivity contribution is 5.92. The summed E-state index contributed by atoms with van der Waals surface area (Å²) in [5.74, 6) is 0. The van der Waals surface area contributed by atoms with Crippen molar-refractivity contribution in [3.8, 4) is 0 Å². The van der Waals surface area contributed by atoms with Crippen molar-refractivity contribution in [2.45, 2.75) is 0 Å². The number of benzene rings is 1. The Labute approximate surface area is 83.2 Å². The molecule has 14 heavy (non-hydrogen) atoms. The molecule has 2 rings (SSSR count). The summed E-state index contributed by atoms with van der Waals surface area (Å²) in [5, 5.41) is 15.6. The molecule has 0 fully saturated rings. The van der Waals surface area contributed by atoms with E-state index in [0.29, 0.717) is 5.69 Å². The molecule has 0 amide bonds. The van der Waals surface area contributed by atoms with Crippen LogP contribution in [0.15, 0.2) is 23.3 Å². The van der Waals surface area contributed by atoms with E-state index in [0.717, 1.165) is 11.3 Å². The maximum atomic E-state index is 11.7. The lowest BCUT2D eigenvalue weighted by Gasteiger charge is -2.27. The number of hydroxylamine groups is 1. The van der Waals surface area contributed by atoms with Crippen LogP contribution in [0.5, 0.6) is 0 Å². The number of hydrogen-bond acceptors (Lipinski definition) is 3. The maximum absolute atomic E-state index is 11.7. The Morgan fingerprint density at radius 1 is 1.36 bits per heavy atom. The van der Waals surface area contributed by atoms with E-state index < -0.39 is 4.76 Å². The van der Waals surface area contributed by atoms with E-state index in [1.54, 1.807) is 6.21 Å². The van der Waals surface area contributed by atoms with Crippen LogP contribution in [-0.4, -0.2) is 27.4 Å². The fourth-order valence-electron chi connectivity index (χ4n) is 1.54. The SMILES string of the molecule is CN(C)c1ccc2c(c1)C=N[N+]2(C)[O-]. The van der Waals surface area contributed by atoms with E-state index in [2.05, 4.69) is 5.10 Å². The summed E-state index contributed by atoms with van der Waals surface area (Å²) in [6, 6.07) is 5.74. The lowest BCUT2D eigenvalue weighted by molar-refractivity contribution is 0.488. The third kappa shape index (κ3) is 1.29. The van der Waals surface area contributed by atoms with Gasteiger partial charge >= 0.3 is 0 Å². The first-order valence-corrected chi connectivity index (χ1v) is 4.46. The third-order valence-corrected chi connectivity index (χ3v) is 2.39. The van der Waals surface area contributed by atoms with Crippen LogP contribution in [0.25, 0.3) is 0 Å². The van der Waals surface area contributed by atoms with E-state index in [4.69, 9.17) is 0 Å². The molecule has 0 spiro atoms.